The van der Waals surface area contributed by atoms with Gasteiger partial charge in [0.2, 0.25) is 0 Å². The summed E-state index contributed by atoms with van der Waals surface area (Å²) >= 11 is 0. The average Bonchev–Trinajstić information content (AvgIpc) is 0.680. The van der Waals surface area contributed by atoms with Crippen LogP contribution >= 0.6 is 0 Å². The predicted octanol–water partition coefficient (Wildman–Crippen LogP) is -2.62. The molecule has 35 atom stereocenters. The van der Waals surface area contributed by atoms with Crippen molar-refractivity contribution < 1.29 is 134 Å². The summed E-state index contributed by atoms with van der Waals surface area (Å²) in [5.74, 6) is -1.79. The number of carboxylic acids is 1. The van der Waals surface area contributed by atoms with Crippen molar-refractivity contribution in [2.75, 3.05) is 19.8 Å². The van der Waals surface area contributed by atoms with Crippen LogP contribution in [0.2, 0.25) is 0 Å². The van der Waals surface area contributed by atoms with E-state index in [4.69, 9.17) is 47.4 Å². The minimum absolute atomic E-state index is 0.0103. The number of aliphatic carboxylic acids is 1. The summed E-state index contributed by atoms with van der Waals surface area (Å²) in [7, 11) is 0. The topological polar surface area (TPSA) is 433 Å². The quantitative estimate of drug-likeness (QED) is 0.0625. The fourth-order valence-corrected chi connectivity index (χ4v) is 18.0. The molecule has 0 amide bonds. The summed E-state index contributed by atoms with van der Waals surface area (Å²) in [6, 6.07) is 0. The molecule has 0 radical (unpaired) electrons. The standard InChI is InChI=1S/C60H98O27/c1-23-33(64)37(68)43(74)50(78-23)85-46-39(70)35(66)27(20-61)80-52(46)83-32-19-55(3,4)18-26-25-10-11-30-57(6)14-13-31(58(7,22-63)29(57)12-15-60(30,9)59(25,8)17-16-56(26,32)5)82-54-48(42(73)41(72)45(84-54)49(76)77)87-53-47(40(71)36(67)28(21-62)81-53)86-51-44(75)38(69)34(65)24(2)79-51/h10,23-24,26-48,50-54,61-75H,11-22H2,1-9H3,(H,76,77)/t23-,24-,26+,27+,28+,29-,30+,31-,32+,33-,34-,35+,36-,37+,38+,39-,40-,41-,42-,43+,44+,45-,46+,47+,48+,50-,51-,52-,53-,54+,56+,57-,58-,59+,60+/m0/s1. The molecule has 10 rings (SSSR count). The molecule has 87 heavy (non-hydrogen) atoms. The highest BCUT2D eigenvalue weighted by Gasteiger charge is 2.71. The van der Waals surface area contributed by atoms with Crippen LogP contribution in [-0.2, 0) is 52.2 Å². The molecule has 0 bridgehead atoms. The Morgan fingerprint density at radius 2 is 0.977 bits per heavy atom. The molecule has 10 aliphatic rings. The first-order chi connectivity index (χ1) is 40.7. The van der Waals surface area contributed by atoms with Gasteiger partial charge >= 0.3 is 5.97 Å². The molecule has 5 saturated heterocycles. The number of ether oxygens (including phenoxy) is 10. The second-order valence-corrected chi connectivity index (χ2v) is 29.2. The number of carbonyl (C=O) groups is 1. The maximum absolute atomic E-state index is 12.7. The summed E-state index contributed by atoms with van der Waals surface area (Å²) in [4.78, 5) is 12.7. The third-order valence-electron chi connectivity index (χ3n) is 23.7. The van der Waals surface area contributed by atoms with E-state index in [1.165, 1.54) is 19.4 Å². The van der Waals surface area contributed by atoms with Crippen molar-refractivity contribution in [3.05, 3.63) is 11.6 Å². The van der Waals surface area contributed by atoms with Crippen LogP contribution in [0, 0.1) is 50.2 Å². The molecule has 5 aliphatic heterocycles. The normalized spacial score (nSPS) is 56.0. The molecule has 0 aromatic carbocycles. The molecule has 500 valence electrons. The first-order valence-electron chi connectivity index (χ1n) is 31.1. The summed E-state index contributed by atoms with van der Waals surface area (Å²) in [5.41, 5.74) is -1.60. The van der Waals surface area contributed by atoms with Crippen molar-refractivity contribution >= 4 is 5.97 Å². The van der Waals surface area contributed by atoms with E-state index in [0.29, 0.717) is 38.5 Å². The van der Waals surface area contributed by atoms with Crippen LogP contribution in [0.5, 0.6) is 0 Å². The number of aliphatic hydroxyl groups is 15. The molecular formula is C60H98O27. The van der Waals surface area contributed by atoms with Crippen molar-refractivity contribution in [3.8, 4) is 0 Å². The summed E-state index contributed by atoms with van der Waals surface area (Å²) in [6.45, 7) is 16.5. The summed E-state index contributed by atoms with van der Waals surface area (Å²) in [5, 5.41) is 174. The van der Waals surface area contributed by atoms with Gasteiger partial charge in [-0.2, -0.15) is 0 Å². The number of aliphatic hydroxyl groups excluding tert-OH is 15. The zero-order valence-corrected chi connectivity index (χ0v) is 51.0. The Balaban J connectivity index is 0.905. The summed E-state index contributed by atoms with van der Waals surface area (Å²) < 4.78 is 61.6. The number of carboxylic acid groups (broad SMARTS) is 1. The second kappa shape index (κ2) is 24.8. The maximum Gasteiger partial charge on any atom is 0.335 e. The molecule has 0 unspecified atom stereocenters. The van der Waals surface area contributed by atoms with Crippen molar-refractivity contribution in [1.29, 1.82) is 0 Å². The third-order valence-corrected chi connectivity index (χ3v) is 23.7. The molecule has 5 heterocycles. The molecule has 27 heteroatoms. The van der Waals surface area contributed by atoms with Crippen molar-refractivity contribution in [3.63, 3.8) is 0 Å². The third kappa shape index (κ3) is 11.3. The highest BCUT2D eigenvalue weighted by molar-refractivity contribution is 5.73. The van der Waals surface area contributed by atoms with Crippen LogP contribution in [-0.4, -0.2) is 273 Å². The molecule has 0 aromatic heterocycles. The van der Waals surface area contributed by atoms with Gasteiger partial charge in [0.15, 0.2) is 37.6 Å². The smallest absolute Gasteiger partial charge is 0.335 e. The predicted molar refractivity (Wildman–Crippen MR) is 294 cm³/mol. The molecular weight excluding hydrogens is 1150 g/mol. The van der Waals surface area contributed by atoms with Gasteiger partial charge in [-0.05, 0) is 111 Å². The molecule has 16 N–H and O–H groups in total. The molecule has 0 aromatic rings. The van der Waals surface area contributed by atoms with Crippen molar-refractivity contribution in [2.45, 2.75) is 286 Å². The van der Waals surface area contributed by atoms with E-state index in [9.17, 15) is 86.5 Å². The Morgan fingerprint density at radius 3 is 1.48 bits per heavy atom. The first-order valence-corrected chi connectivity index (χ1v) is 31.1. The molecule has 5 aliphatic carbocycles. The van der Waals surface area contributed by atoms with Crippen LogP contribution in [0.4, 0.5) is 0 Å². The van der Waals surface area contributed by atoms with Gasteiger partial charge in [0, 0.05) is 10.8 Å². The number of allylic oxidation sites excluding steroid dienone is 2. The lowest BCUT2D eigenvalue weighted by Crippen LogP contribution is -2.68. The number of fused-ring (bicyclic) bond motifs is 7. The van der Waals surface area contributed by atoms with E-state index in [1.807, 2.05) is 6.92 Å². The van der Waals surface area contributed by atoms with E-state index in [0.717, 1.165) is 19.3 Å². The Bertz CT molecular complexity index is 2440. The largest absolute Gasteiger partial charge is 0.479 e. The number of rotatable bonds is 14. The molecule has 9 fully saturated rings. The van der Waals surface area contributed by atoms with Gasteiger partial charge < -0.3 is 129 Å². The fourth-order valence-electron chi connectivity index (χ4n) is 18.0. The van der Waals surface area contributed by atoms with Crippen LogP contribution < -0.4 is 0 Å². The zero-order valence-electron chi connectivity index (χ0n) is 51.0. The van der Waals surface area contributed by atoms with E-state index in [1.54, 1.807) is 0 Å². The van der Waals surface area contributed by atoms with E-state index in [-0.39, 0.29) is 40.6 Å². The Hall–Kier alpha value is -1.79. The molecule has 0 spiro atoms. The SMILES string of the molecule is C[C@@H]1O[C@@H](O[C@H]2[C@H](O[C@H]3[C@H](O[C@H]4CC[C@@]5(C)[C@H](CC[C@]6(C)[C@@H]5CC=C5[C@H]7CC(C)(C)C[C@@H](O[C@@H]8O[C@H](CO)[C@@H](O)[C@H](O)[C@H]8O[C@@H]8O[C@@H](C)[C@H](O)[C@@H](O)[C@H]8O)[C@]7(C)CC[C@]56C)[C@]4(C)CO)O[C@H](C(=O)O)[C@@H](O)[C@@H]3O)O[C@H](CO)[C@H](O)[C@@H]2O)[C@H](O)[C@H](O)[C@H]1O. The maximum atomic E-state index is 12.7. The fraction of sp³-hybridized carbons (Fsp3) is 0.950. The number of hydrogen-bond donors (Lipinski definition) is 16. The Labute approximate surface area is 506 Å². The van der Waals surface area contributed by atoms with Gasteiger partial charge in [-0.3, -0.25) is 0 Å². The summed E-state index contributed by atoms with van der Waals surface area (Å²) in [6.07, 6.45) is -35.0. The lowest BCUT2D eigenvalue weighted by molar-refractivity contribution is -0.396. The molecule has 27 nitrogen and oxygen atoms in total. The lowest BCUT2D eigenvalue weighted by atomic mass is 9.33. The first kappa shape index (κ1) is 68.1. The van der Waals surface area contributed by atoms with Crippen LogP contribution in [0.25, 0.3) is 0 Å². The second-order valence-electron chi connectivity index (χ2n) is 29.2. The van der Waals surface area contributed by atoms with Gasteiger partial charge in [-0.15, -0.1) is 0 Å². The molecule has 4 saturated carbocycles. The Morgan fingerprint density at radius 1 is 0.494 bits per heavy atom. The lowest BCUT2D eigenvalue weighted by Gasteiger charge is -2.72. The van der Waals surface area contributed by atoms with Gasteiger partial charge in [0.25, 0.3) is 0 Å². The monoisotopic (exact) mass is 1250 g/mol. The van der Waals surface area contributed by atoms with Gasteiger partial charge in [-0.25, -0.2) is 4.79 Å². The van der Waals surface area contributed by atoms with Crippen LogP contribution in [0.3, 0.4) is 0 Å². The average molecular weight is 1250 g/mol. The van der Waals surface area contributed by atoms with Crippen molar-refractivity contribution in [2.24, 2.45) is 50.2 Å². The highest BCUT2D eigenvalue weighted by atomic mass is 16.8. The van der Waals surface area contributed by atoms with Gasteiger partial charge in [0.05, 0.1) is 44.2 Å². The zero-order chi connectivity index (χ0) is 63.7. The minimum Gasteiger partial charge on any atom is -0.479 e. The van der Waals surface area contributed by atoms with E-state index in [2.05, 4.69) is 47.6 Å². The van der Waals surface area contributed by atoms with Crippen molar-refractivity contribution in [1.82, 2.24) is 0 Å². The van der Waals surface area contributed by atoms with Gasteiger partial charge in [-0.1, -0.05) is 60.1 Å². The van der Waals surface area contributed by atoms with Crippen LogP contribution in [0.1, 0.15) is 120 Å². The number of hydrogen-bond acceptors (Lipinski definition) is 26. The van der Waals surface area contributed by atoms with Gasteiger partial charge in [0.1, 0.15) is 104 Å². The van der Waals surface area contributed by atoms with Crippen LogP contribution in [0.15, 0.2) is 11.6 Å². The highest BCUT2D eigenvalue weighted by Crippen LogP contribution is 2.76. The van der Waals surface area contributed by atoms with E-state index < -0.39 is 201 Å². The minimum atomic E-state index is -2.13. The Kier molecular flexibility index (Phi) is 19.4. The van der Waals surface area contributed by atoms with E-state index >= 15 is 0 Å².